The van der Waals surface area contributed by atoms with Gasteiger partial charge in [-0.25, -0.2) is 0 Å². The molecule has 0 heterocycles. The lowest BCUT2D eigenvalue weighted by Crippen LogP contribution is -2.23. The summed E-state index contributed by atoms with van der Waals surface area (Å²) >= 11 is 0. The fourth-order valence-electron chi connectivity index (χ4n) is 2.49. The lowest BCUT2D eigenvalue weighted by Gasteiger charge is -2.12. The minimum Gasteiger partial charge on any atom is -0.314 e. The number of hydrogen-bond acceptors (Lipinski definition) is 2. The molecule has 2 aliphatic rings. The topological polar surface area (TPSA) is 29.1 Å². The molecule has 0 spiro atoms. The second kappa shape index (κ2) is 5.64. The predicted octanol–water partition coefficient (Wildman–Crippen LogP) is 2.67. The molecule has 0 bridgehead atoms. The summed E-state index contributed by atoms with van der Waals surface area (Å²) in [6.45, 7) is 0.917. The SMILES string of the molecule is O=C(CCNC1CC1)C1CCCCCC1. The van der Waals surface area contributed by atoms with Gasteiger partial charge < -0.3 is 5.32 Å². The molecule has 0 radical (unpaired) electrons. The van der Waals surface area contributed by atoms with Gasteiger partial charge in [-0.15, -0.1) is 0 Å². The number of nitrogens with one attached hydrogen (secondary N) is 1. The van der Waals surface area contributed by atoms with Gasteiger partial charge in [0, 0.05) is 24.9 Å². The zero-order valence-electron chi connectivity index (χ0n) is 9.63. The molecule has 2 fully saturated rings. The number of Topliss-reactive ketones (excluding diaryl/α,β-unsaturated/α-hetero) is 1. The van der Waals surface area contributed by atoms with E-state index in [-0.39, 0.29) is 0 Å². The Labute approximate surface area is 92.8 Å². The highest BCUT2D eigenvalue weighted by Gasteiger charge is 2.22. The Bertz CT molecular complexity index is 203. The van der Waals surface area contributed by atoms with E-state index >= 15 is 0 Å². The molecule has 0 aromatic carbocycles. The fourth-order valence-corrected chi connectivity index (χ4v) is 2.49. The van der Waals surface area contributed by atoms with Crippen molar-refractivity contribution in [3.63, 3.8) is 0 Å². The normalized spacial score (nSPS) is 23.7. The minimum absolute atomic E-state index is 0.397. The van der Waals surface area contributed by atoms with Crippen LogP contribution < -0.4 is 5.32 Å². The van der Waals surface area contributed by atoms with Crippen LogP contribution in [0, 0.1) is 5.92 Å². The van der Waals surface area contributed by atoms with Gasteiger partial charge in [0.05, 0.1) is 0 Å². The van der Waals surface area contributed by atoms with Crippen molar-refractivity contribution in [1.29, 1.82) is 0 Å². The second-order valence-electron chi connectivity index (χ2n) is 5.13. The molecule has 0 aromatic heterocycles. The van der Waals surface area contributed by atoms with Crippen LogP contribution >= 0.6 is 0 Å². The van der Waals surface area contributed by atoms with Crippen molar-refractivity contribution >= 4 is 5.78 Å². The van der Waals surface area contributed by atoms with Crippen molar-refractivity contribution in [2.45, 2.75) is 63.8 Å². The lowest BCUT2D eigenvalue weighted by atomic mass is 9.94. The zero-order valence-corrected chi connectivity index (χ0v) is 9.63. The number of hydrogen-bond donors (Lipinski definition) is 1. The summed E-state index contributed by atoms with van der Waals surface area (Å²) in [4.78, 5) is 11.9. The average molecular weight is 209 g/mol. The highest BCUT2D eigenvalue weighted by Crippen LogP contribution is 2.24. The van der Waals surface area contributed by atoms with Crippen LogP contribution in [-0.2, 0) is 4.79 Å². The number of carbonyl (C=O) groups excluding carboxylic acids is 1. The Balaban J connectivity index is 1.63. The van der Waals surface area contributed by atoms with Gasteiger partial charge in [0.25, 0.3) is 0 Å². The third-order valence-electron chi connectivity index (χ3n) is 3.69. The molecular weight excluding hydrogens is 186 g/mol. The first-order valence-electron chi connectivity index (χ1n) is 6.62. The number of carbonyl (C=O) groups is 1. The van der Waals surface area contributed by atoms with E-state index in [4.69, 9.17) is 0 Å². The second-order valence-corrected chi connectivity index (χ2v) is 5.13. The molecule has 2 nitrogen and oxygen atoms in total. The quantitative estimate of drug-likeness (QED) is 0.705. The van der Waals surface area contributed by atoms with Crippen LogP contribution in [0.15, 0.2) is 0 Å². The largest absolute Gasteiger partial charge is 0.314 e. The van der Waals surface area contributed by atoms with E-state index in [1.807, 2.05) is 0 Å². The fraction of sp³-hybridized carbons (Fsp3) is 0.923. The molecule has 2 rings (SSSR count). The maximum Gasteiger partial charge on any atom is 0.137 e. The molecule has 0 aromatic rings. The van der Waals surface area contributed by atoms with Gasteiger partial charge >= 0.3 is 0 Å². The number of rotatable bonds is 5. The molecule has 2 saturated carbocycles. The van der Waals surface area contributed by atoms with Gasteiger partial charge in [0.1, 0.15) is 5.78 Å². The Morgan fingerprint density at radius 3 is 2.27 bits per heavy atom. The van der Waals surface area contributed by atoms with E-state index in [1.165, 1.54) is 38.5 Å². The van der Waals surface area contributed by atoms with E-state index in [0.29, 0.717) is 11.7 Å². The highest BCUT2D eigenvalue weighted by atomic mass is 16.1. The maximum atomic E-state index is 11.9. The molecule has 2 aliphatic carbocycles. The van der Waals surface area contributed by atoms with Crippen LogP contribution in [0.25, 0.3) is 0 Å². The summed E-state index contributed by atoms with van der Waals surface area (Å²) in [5, 5.41) is 3.42. The van der Waals surface area contributed by atoms with Crippen molar-refractivity contribution in [3.05, 3.63) is 0 Å². The Hall–Kier alpha value is -0.370. The van der Waals surface area contributed by atoms with Gasteiger partial charge in [-0.3, -0.25) is 4.79 Å². The van der Waals surface area contributed by atoms with Gasteiger partial charge in [-0.1, -0.05) is 25.7 Å². The first-order chi connectivity index (χ1) is 7.36. The van der Waals surface area contributed by atoms with Gasteiger partial charge in [-0.05, 0) is 25.7 Å². The van der Waals surface area contributed by atoms with Crippen molar-refractivity contribution in [2.24, 2.45) is 5.92 Å². The van der Waals surface area contributed by atoms with E-state index in [0.717, 1.165) is 31.8 Å². The van der Waals surface area contributed by atoms with Gasteiger partial charge in [0.15, 0.2) is 0 Å². The summed E-state index contributed by atoms with van der Waals surface area (Å²) in [6, 6.07) is 0.743. The van der Waals surface area contributed by atoms with E-state index < -0.39 is 0 Å². The summed E-state index contributed by atoms with van der Waals surface area (Å²) in [7, 11) is 0. The summed E-state index contributed by atoms with van der Waals surface area (Å²) in [6.07, 6.45) is 10.9. The minimum atomic E-state index is 0.397. The third-order valence-corrected chi connectivity index (χ3v) is 3.69. The van der Waals surface area contributed by atoms with Crippen LogP contribution in [-0.4, -0.2) is 18.4 Å². The molecule has 0 saturated heterocycles. The van der Waals surface area contributed by atoms with Crippen molar-refractivity contribution in [3.8, 4) is 0 Å². The van der Waals surface area contributed by atoms with Gasteiger partial charge in [-0.2, -0.15) is 0 Å². The van der Waals surface area contributed by atoms with Crippen LogP contribution in [0.3, 0.4) is 0 Å². The van der Waals surface area contributed by atoms with Crippen LogP contribution in [0.1, 0.15) is 57.8 Å². The first-order valence-corrected chi connectivity index (χ1v) is 6.62. The van der Waals surface area contributed by atoms with Crippen LogP contribution in [0.4, 0.5) is 0 Å². The van der Waals surface area contributed by atoms with Crippen LogP contribution in [0.2, 0.25) is 0 Å². The van der Waals surface area contributed by atoms with Crippen molar-refractivity contribution in [2.75, 3.05) is 6.54 Å². The Morgan fingerprint density at radius 2 is 1.67 bits per heavy atom. The van der Waals surface area contributed by atoms with E-state index in [2.05, 4.69) is 5.32 Å². The molecular formula is C13H23NO. The van der Waals surface area contributed by atoms with E-state index in [1.54, 1.807) is 0 Å². The Kier molecular flexibility index (Phi) is 4.18. The molecule has 1 N–H and O–H groups in total. The average Bonchev–Trinajstić information content (AvgIpc) is 3.04. The summed E-state index contributed by atoms with van der Waals surface area (Å²) in [5.74, 6) is 0.915. The molecule has 0 unspecified atom stereocenters. The maximum absolute atomic E-state index is 11.9. The molecule has 0 aliphatic heterocycles. The van der Waals surface area contributed by atoms with E-state index in [9.17, 15) is 4.79 Å². The first kappa shape index (κ1) is 11.1. The van der Waals surface area contributed by atoms with Crippen LogP contribution in [0.5, 0.6) is 0 Å². The summed E-state index contributed by atoms with van der Waals surface area (Å²) in [5.41, 5.74) is 0. The lowest BCUT2D eigenvalue weighted by molar-refractivity contribution is -0.123. The summed E-state index contributed by atoms with van der Waals surface area (Å²) < 4.78 is 0. The molecule has 15 heavy (non-hydrogen) atoms. The Morgan fingerprint density at radius 1 is 1.00 bits per heavy atom. The van der Waals surface area contributed by atoms with Crippen molar-refractivity contribution in [1.82, 2.24) is 5.32 Å². The number of ketones is 1. The van der Waals surface area contributed by atoms with Crippen molar-refractivity contribution < 1.29 is 4.79 Å². The molecule has 0 amide bonds. The molecule has 2 heteroatoms. The zero-order chi connectivity index (χ0) is 10.5. The predicted molar refractivity (Wildman–Crippen MR) is 61.8 cm³/mol. The standard InChI is InChI=1S/C13H23NO/c15-13(9-10-14-12-7-8-12)11-5-3-1-2-4-6-11/h11-12,14H,1-10H2. The highest BCUT2D eigenvalue weighted by molar-refractivity contribution is 5.81. The smallest absolute Gasteiger partial charge is 0.137 e. The molecule has 86 valence electrons. The molecule has 0 atom stereocenters. The monoisotopic (exact) mass is 209 g/mol. The third kappa shape index (κ3) is 3.94. The van der Waals surface area contributed by atoms with Gasteiger partial charge in [0.2, 0.25) is 0 Å².